The molecule has 1 fully saturated rings. The van der Waals surface area contributed by atoms with E-state index in [1.54, 1.807) is 11.8 Å². The number of rotatable bonds is 5. The van der Waals surface area contributed by atoms with Crippen molar-refractivity contribution in [3.05, 3.63) is 59.7 Å². The molecular weight excluding hydrogens is 396 g/mol. The molecule has 1 saturated heterocycles. The molecule has 2 aliphatic rings. The summed E-state index contributed by atoms with van der Waals surface area (Å²) in [4.78, 5) is 37.7. The van der Waals surface area contributed by atoms with Gasteiger partial charge in [0.1, 0.15) is 12.6 Å². The normalized spacial score (nSPS) is 16.9. The Bertz CT molecular complexity index is 951. The van der Waals surface area contributed by atoms with Crippen molar-refractivity contribution in [2.24, 2.45) is 5.92 Å². The van der Waals surface area contributed by atoms with Gasteiger partial charge in [-0.05, 0) is 42.0 Å². The van der Waals surface area contributed by atoms with Gasteiger partial charge in [0.15, 0.2) is 0 Å². The zero-order chi connectivity index (χ0) is 22.0. The number of carbonyl (C=O) groups is 3. The third kappa shape index (κ3) is 4.26. The maximum atomic E-state index is 12.6. The molecule has 0 radical (unpaired) electrons. The van der Waals surface area contributed by atoms with Gasteiger partial charge in [-0.15, -0.1) is 0 Å². The Morgan fingerprint density at radius 3 is 2.13 bits per heavy atom. The highest BCUT2D eigenvalue weighted by molar-refractivity contribution is 5.85. The van der Waals surface area contributed by atoms with Crippen LogP contribution in [0.1, 0.15) is 36.8 Å². The Hall–Kier alpha value is -3.35. The monoisotopic (exact) mass is 422 g/mol. The van der Waals surface area contributed by atoms with Crippen LogP contribution in [0.3, 0.4) is 0 Å². The van der Waals surface area contributed by atoms with Crippen LogP contribution in [0.25, 0.3) is 11.1 Å². The highest BCUT2D eigenvalue weighted by Crippen LogP contribution is 2.44. The maximum Gasteiger partial charge on any atom is 0.407 e. The average molecular weight is 422 g/mol. The van der Waals surface area contributed by atoms with E-state index in [9.17, 15) is 14.4 Å². The van der Waals surface area contributed by atoms with Crippen LogP contribution in [0, 0.1) is 5.92 Å². The van der Waals surface area contributed by atoms with Gasteiger partial charge in [-0.3, -0.25) is 9.59 Å². The minimum atomic E-state index is -0.822. The summed E-state index contributed by atoms with van der Waals surface area (Å²) in [6, 6.07) is 15.5. The Morgan fingerprint density at radius 1 is 1.03 bits per heavy atom. The summed E-state index contributed by atoms with van der Waals surface area (Å²) in [5.41, 5.74) is 4.56. The van der Waals surface area contributed by atoms with Crippen LogP contribution in [0.5, 0.6) is 0 Å². The summed E-state index contributed by atoms with van der Waals surface area (Å²) in [5.74, 6) is -1.50. The summed E-state index contributed by atoms with van der Waals surface area (Å²) >= 11 is 0. The van der Waals surface area contributed by atoms with Crippen LogP contribution < -0.4 is 5.32 Å². The third-order valence-electron chi connectivity index (χ3n) is 6.20. The highest BCUT2D eigenvalue weighted by atomic mass is 16.5. The van der Waals surface area contributed by atoms with E-state index in [1.165, 1.54) is 0 Å². The molecule has 0 bridgehead atoms. The second kappa shape index (κ2) is 8.79. The van der Waals surface area contributed by atoms with Crippen molar-refractivity contribution in [1.29, 1.82) is 0 Å². The van der Waals surface area contributed by atoms with Gasteiger partial charge in [-0.2, -0.15) is 0 Å². The van der Waals surface area contributed by atoms with Gasteiger partial charge in [-0.1, -0.05) is 48.5 Å². The fourth-order valence-corrected chi connectivity index (χ4v) is 4.50. The molecular formula is C24H26N2O5. The van der Waals surface area contributed by atoms with Crippen LogP contribution >= 0.6 is 0 Å². The Balaban J connectivity index is 1.33. The van der Waals surface area contributed by atoms with Gasteiger partial charge in [0.25, 0.3) is 0 Å². The molecule has 1 atom stereocenters. The van der Waals surface area contributed by atoms with E-state index >= 15 is 0 Å². The minimum Gasteiger partial charge on any atom is -0.481 e. The zero-order valence-electron chi connectivity index (χ0n) is 17.4. The van der Waals surface area contributed by atoms with E-state index in [1.807, 2.05) is 36.4 Å². The predicted octanol–water partition coefficient (Wildman–Crippen LogP) is 3.24. The number of hydrogen-bond donors (Lipinski definition) is 2. The largest absolute Gasteiger partial charge is 0.481 e. The number of fused-ring (bicyclic) bond motifs is 3. The van der Waals surface area contributed by atoms with Gasteiger partial charge >= 0.3 is 12.1 Å². The number of amides is 2. The standard InChI is InChI=1S/C24H26N2O5/c1-15(22(27)26-12-10-16(11-13-26)23(28)29)25-24(30)31-14-21-19-8-4-2-6-17(19)18-7-3-5-9-20(18)21/h2-9,15-16,21H,10-14H2,1H3,(H,25,30)(H,28,29). The average Bonchev–Trinajstić information content (AvgIpc) is 3.11. The number of hydrogen-bond acceptors (Lipinski definition) is 4. The molecule has 1 heterocycles. The van der Waals surface area contributed by atoms with Gasteiger partial charge in [0.05, 0.1) is 5.92 Å². The molecule has 2 aromatic carbocycles. The molecule has 162 valence electrons. The molecule has 2 amide bonds. The van der Waals surface area contributed by atoms with E-state index in [4.69, 9.17) is 9.84 Å². The van der Waals surface area contributed by atoms with E-state index in [0.717, 1.165) is 22.3 Å². The van der Waals surface area contributed by atoms with Crippen molar-refractivity contribution in [2.45, 2.75) is 31.7 Å². The lowest BCUT2D eigenvalue weighted by Gasteiger charge is -2.32. The van der Waals surface area contributed by atoms with Crippen molar-refractivity contribution < 1.29 is 24.2 Å². The maximum absolute atomic E-state index is 12.6. The molecule has 4 rings (SSSR count). The first kappa shape index (κ1) is 20.9. The lowest BCUT2D eigenvalue weighted by atomic mass is 9.97. The lowest BCUT2D eigenvalue weighted by molar-refractivity contribution is -0.146. The molecule has 1 aliphatic heterocycles. The van der Waals surface area contributed by atoms with Gasteiger partial charge in [-0.25, -0.2) is 4.79 Å². The lowest BCUT2D eigenvalue weighted by Crippen LogP contribution is -2.50. The van der Waals surface area contributed by atoms with E-state index in [-0.39, 0.29) is 18.4 Å². The summed E-state index contributed by atoms with van der Waals surface area (Å²) in [5, 5.41) is 11.7. The molecule has 0 aromatic heterocycles. The van der Waals surface area contributed by atoms with Gasteiger partial charge in [0.2, 0.25) is 5.91 Å². The van der Waals surface area contributed by atoms with Crippen LogP contribution in [0.2, 0.25) is 0 Å². The minimum absolute atomic E-state index is 0.0424. The first-order valence-corrected chi connectivity index (χ1v) is 10.6. The highest BCUT2D eigenvalue weighted by Gasteiger charge is 2.31. The number of likely N-dealkylation sites (tertiary alicyclic amines) is 1. The molecule has 0 saturated carbocycles. The molecule has 7 heteroatoms. The predicted molar refractivity (Wildman–Crippen MR) is 115 cm³/mol. The summed E-state index contributed by atoms with van der Waals surface area (Å²) in [6.45, 7) is 2.57. The smallest absolute Gasteiger partial charge is 0.407 e. The Labute approximate surface area is 181 Å². The fraction of sp³-hybridized carbons (Fsp3) is 0.375. The number of carboxylic acids is 1. The van der Waals surface area contributed by atoms with Crippen molar-refractivity contribution in [3.63, 3.8) is 0 Å². The third-order valence-corrected chi connectivity index (χ3v) is 6.20. The van der Waals surface area contributed by atoms with E-state index in [2.05, 4.69) is 17.4 Å². The van der Waals surface area contributed by atoms with Crippen molar-refractivity contribution in [2.75, 3.05) is 19.7 Å². The number of piperidine rings is 1. The zero-order valence-corrected chi connectivity index (χ0v) is 17.4. The molecule has 1 aliphatic carbocycles. The molecule has 2 aromatic rings. The SMILES string of the molecule is CC(NC(=O)OCC1c2ccccc2-c2ccccc21)C(=O)N1CCC(C(=O)O)CC1. The van der Waals surface area contributed by atoms with Crippen LogP contribution in [-0.4, -0.2) is 53.7 Å². The first-order valence-electron chi connectivity index (χ1n) is 10.6. The molecule has 0 spiro atoms. The number of alkyl carbamates (subject to hydrolysis) is 1. The molecule has 7 nitrogen and oxygen atoms in total. The van der Waals surface area contributed by atoms with E-state index in [0.29, 0.717) is 25.9 Å². The Kier molecular flexibility index (Phi) is 5.93. The first-order chi connectivity index (χ1) is 15.0. The number of nitrogens with one attached hydrogen (secondary N) is 1. The summed E-state index contributed by atoms with van der Waals surface area (Å²) < 4.78 is 5.50. The number of nitrogens with zero attached hydrogens (tertiary/aromatic N) is 1. The second-order valence-corrected chi connectivity index (χ2v) is 8.13. The van der Waals surface area contributed by atoms with Gasteiger partial charge in [0, 0.05) is 19.0 Å². The molecule has 31 heavy (non-hydrogen) atoms. The number of carboxylic acid groups (broad SMARTS) is 1. The number of carbonyl (C=O) groups excluding carboxylic acids is 2. The Morgan fingerprint density at radius 2 is 1.58 bits per heavy atom. The van der Waals surface area contributed by atoms with Crippen molar-refractivity contribution in [1.82, 2.24) is 10.2 Å². The van der Waals surface area contributed by atoms with Crippen LogP contribution in [0.15, 0.2) is 48.5 Å². The molecule has 1 unspecified atom stereocenters. The fourth-order valence-electron chi connectivity index (χ4n) is 4.50. The number of benzene rings is 2. The van der Waals surface area contributed by atoms with Crippen molar-refractivity contribution >= 4 is 18.0 Å². The quantitative estimate of drug-likeness (QED) is 0.771. The number of ether oxygens (including phenoxy) is 1. The topological polar surface area (TPSA) is 95.9 Å². The summed E-state index contributed by atoms with van der Waals surface area (Å²) in [6.07, 6.45) is 0.223. The van der Waals surface area contributed by atoms with E-state index < -0.39 is 24.0 Å². The van der Waals surface area contributed by atoms with Gasteiger partial charge < -0.3 is 20.1 Å². The number of aliphatic carboxylic acids is 1. The van der Waals surface area contributed by atoms with Crippen LogP contribution in [-0.2, 0) is 14.3 Å². The molecule has 2 N–H and O–H groups in total. The van der Waals surface area contributed by atoms with Crippen LogP contribution in [0.4, 0.5) is 4.79 Å². The summed E-state index contributed by atoms with van der Waals surface area (Å²) in [7, 11) is 0. The van der Waals surface area contributed by atoms with Crippen molar-refractivity contribution in [3.8, 4) is 11.1 Å². The second-order valence-electron chi connectivity index (χ2n) is 8.13.